The molecule has 0 bridgehead atoms. The molecule has 2 aliphatic rings. The molecule has 0 spiro atoms. The van der Waals surface area contributed by atoms with Crippen LogP contribution in [-0.4, -0.2) is 51.9 Å². The second-order valence-electron chi connectivity index (χ2n) is 8.23. The molecule has 0 unspecified atom stereocenters. The summed E-state index contributed by atoms with van der Waals surface area (Å²) in [5.74, 6) is -0.0498. The number of morpholine rings is 1. The Hall–Kier alpha value is -2.94. The molecule has 0 atom stereocenters. The van der Waals surface area contributed by atoms with E-state index in [0.29, 0.717) is 35.5 Å². The fraction of sp³-hybridized carbons (Fsp3) is 0.269. The first-order valence-corrected chi connectivity index (χ1v) is 12.6. The highest BCUT2D eigenvalue weighted by atomic mass is 32.2. The summed E-state index contributed by atoms with van der Waals surface area (Å²) in [6.07, 6.45) is 4.74. The summed E-state index contributed by atoms with van der Waals surface area (Å²) in [4.78, 5) is 30.3. The third-order valence-corrected chi connectivity index (χ3v) is 7.46. The highest BCUT2D eigenvalue weighted by Gasteiger charge is 2.33. The van der Waals surface area contributed by atoms with E-state index in [0.717, 1.165) is 28.6 Å². The number of aromatic nitrogens is 1. The van der Waals surface area contributed by atoms with Gasteiger partial charge in [0.25, 0.3) is 5.91 Å². The van der Waals surface area contributed by atoms with Crippen LogP contribution in [0.2, 0.25) is 0 Å². The molecule has 174 valence electrons. The second-order valence-corrected chi connectivity index (χ2v) is 9.90. The molecule has 1 aromatic heterocycles. The predicted molar refractivity (Wildman–Crippen MR) is 141 cm³/mol. The van der Waals surface area contributed by atoms with Gasteiger partial charge in [0.05, 0.1) is 29.3 Å². The van der Waals surface area contributed by atoms with Crippen molar-refractivity contribution in [3.63, 3.8) is 0 Å². The molecule has 0 radical (unpaired) electrons. The zero-order valence-electron chi connectivity index (χ0n) is 18.9. The largest absolute Gasteiger partial charge is 0.378 e. The Morgan fingerprint density at radius 3 is 2.62 bits per heavy atom. The smallest absolute Gasteiger partial charge is 0.270 e. The van der Waals surface area contributed by atoms with Crippen LogP contribution in [0.3, 0.4) is 0 Å². The van der Waals surface area contributed by atoms with E-state index >= 15 is 0 Å². The number of ether oxygens (including phenoxy) is 1. The molecule has 2 saturated heterocycles. The summed E-state index contributed by atoms with van der Waals surface area (Å²) >= 11 is 6.83. The van der Waals surface area contributed by atoms with Gasteiger partial charge in [0.15, 0.2) is 4.32 Å². The Morgan fingerprint density at radius 1 is 1.12 bits per heavy atom. The summed E-state index contributed by atoms with van der Waals surface area (Å²) in [6.45, 7) is 4.76. The second kappa shape index (κ2) is 9.74. The summed E-state index contributed by atoms with van der Waals surface area (Å²) in [7, 11) is 0. The van der Waals surface area contributed by atoms with Crippen molar-refractivity contribution in [1.82, 2.24) is 9.47 Å². The average molecular weight is 492 g/mol. The molecule has 3 heterocycles. The van der Waals surface area contributed by atoms with Crippen LogP contribution in [0.1, 0.15) is 18.1 Å². The third-order valence-electron chi connectivity index (χ3n) is 6.16. The summed E-state index contributed by atoms with van der Waals surface area (Å²) in [5, 5.41) is 1.03. The maximum absolute atomic E-state index is 13.2. The molecule has 2 aliphatic heterocycles. The van der Waals surface area contributed by atoms with E-state index in [2.05, 4.69) is 13.0 Å². The number of rotatable bonds is 5. The zero-order chi connectivity index (χ0) is 23.7. The van der Waals surface area contributed by atoms with Crippen molar-refractivity contribution in [1.29, 1.82) is 0 Å². The third kappa shape index (κ3) is 4.29. The number of para-hydroxylation sites is 2. The Kier molecular flexibility index (Phi) is 6.54. The van der Waals surface area contributed by atoms with Crippen molar-refractivity contribution in [3.8, 4) is 0 Å². The fourth-order valence-corrected chi connectivity index (χ4v) is 5.75. The van der Waals surface area contributed by atoms with Gasteiger partial charge < -0.3 is 14.2 Å². The number of aryl methyl sites for hydroxylation is 1. The number of thiocarbonyl (C=S) groups is 1. The van der Waals surface area contributed by atoms with Crippen molar-refractivity contribution in [2.24, 2.45) is 0 Å². The van der Waals surface area contributed by atoms with E-state index < -0.39 is 0 Å². The van der Waals surface area contributed by atoms with Gasteiger partial charge in [-0.2, -0.15) is 0 Å². The average Bonchev–Trinajstić information content (AvgIpc) is 3.36. The van der Waals surface area contributed by atoms with Crippen LogP contribution in [0.15, 0.2) is 59.6 Å². The molecule has 2 fully saturated rings. The number of hydrogen-bond acceptors (Lipinski definition) is 5. The van der Waals surface area contributed by atoms with Gasteiger partial charge in [0.2, 0.25) is 5.91 Å². The fourth-order valence-electron chi connectivity index (χ4n) is 4.46. The highest BCUT2D eigenvalue weighted by molar-refractivity contribution is 8.27. The highest BCUT2D eigenvalue weighted by Crippen LogP contribution is 2.37. The lowest BCUT2D eigenvalue weighted by molar-refractivity contribution is -0.135. The van der Waals surface area contributed by atoms with Crippen LogP contribution in [0, 0.1) is 0 Å². The summed E-state index contributed by atoms with van der Waals surface area (Å²) in [6, 6.07) is 15.6. The number of benzene rings is 2. The van der Waals surface area contributed by atoms with E-state index in [1.807, 2.05) is 64.2 Å². The van der Waals surface area contributed by atoms with Gasteiger partial charge >= 0.3 is 0 Å². The maximum atomic E-state index is 13.2. The van der Waals surface area contributed by atoms with Gasteiger partial charge in [-0.15, -0.1) is 0 Å². The topological polar surface area (TPSA) is 54.8 Å². The number of fused-ring (bicyclic) bond motifs is 1. The first-order chi connectivity index (χ1) is 16.6. The minimum atomic E-state index is -0.127. The minimum absolute atomic E-state index is 0.0769. The standard InChI is InChI=1S/C26H25N3O3S2/c1-2-18-7-6-10-21-19(16-28(24(18)21)17-23(30)27-11-13-32-14-12-27)15-22-25(31)29(26(33)34-22)20-8-4-3-5-9-20/h3-10,15-16H,2,11-14,17H2,1H3. The number of carbonyl (C=O) groups is 2. The van der Waals surface area contributed by atoms with E-state index in [1.54, 1.807) is 4.90 Å². The SMILES string of the molecule is CCc1cccc2c(C=C3SC(=S)N(c4ccccc4)C3=O)cn(CC(=O)N3CCOCC3)c12. The van der Waals surface area contributed by atoms with E-state index in [1.165, 1.54) is 17.3 Å². The molecule has 3 aromatic rings. The number of amides is 2. The number of nitrogens with zero attached hydrogens (tertiary/aromatic N) is 3. The first kappa shape index (κ1) is 22.8. The van der Waals surface area contributed by atoms with Crippen LogP contribution in [0.25, 0.3) is 17.0 Å². The van der Waals surface area contributed by atoms with E-state index in [-0.39, 0.29) is 18.4 Å². The lowest BCUT2D eigenvalue weighted by Crippen LogP contribution is -2.42. The Bertz CT molecular complexity index is 1290. The maximum Gasteiger partial charge on any atom is 0.270 e. The summed E-state index contributed by atoms with van der Waals surface area (Å²) < 4.78 is 7.93. The van der Waals surface area contributed by atoms with Crippen molar-refractivity contribution < 1.29 is 14.3 Å². The van der Waals surface area contributed by atoms with Gasteiger partial charge in [-0.25, -0.2) is 0 Å². The molecule has 0 saturated carbocycles. The van der Waals surface area contributed by atoms with Crippen molar-refractivity contribution in [3.05, 3.63) is 70.8 Å². The molecule has 5 rings (SSSR count). The molecule has 0 N–H and O–H groups in total. The first-order valence-electron chi connectivity index (χ1n) is 11.4. The molecule has 6 nitrogen and oxygen atoms in total. The van der Waals surface area contributed by atoms with Crippen LogP contribution in [0.5, 0.6) is 0 Å². The molecule has 2 amide bonds. The normalized spacial score (nSPS) is 17.9. The number of anilines is 1. The van der Waals surface area contributed by atoms with Gasteiger partial charge in [-0.05, 0) is 30.2 Å². The zero-order valence-corrected chi connectivity index (χ0v) is 20.5. The molecule has 2 aromatic carbocycles. The van der Waals surface area contributed by atoms with Gasteiger partial charge in [0, 0.05) is 30.2 Å². The van der Waals surface area contributed by atoms with Crippen molar-refractivity contribution >= 4 is 62.8 Å². The van der Waals surface area contributed by atoms with E-state index in [4.69, 9.17) is 17.0 Å². The van der Waals surface area contributed by atoms with Crippen LogP contribution >= 0.6 is 24.0 Å². The minimum Gasteiger partial charge on any atom is -0.378 e. The van der Waals surface area contributed by atoms with Crippen molar-refractivity contribution in [2.45, 2.75) is 19.9 Å². The lowest BCUT2D eigenvalue weighted by Gasteiger charge is -2.27. The quantitative estimate of drug-likeness (QED) is 0.389. The van der Waals surface area contributed by atoms with E-state index in [9.17, 15) is 9.59 Å². The van der Waals surface area contributed by atoms with Crippen LogP contribution in [0.4, 0.5) is 5.69 Å². The lowest BCUT2D eigenvalue weighted by atomic mass is 10.1. The predicted octanol–water partition coefficient (Wildman–Crippen LogP) is 4.47. The van der Waals surface area contributed by atoms with Gasteiger partial charge in [-0.1, -0.05) is 67.3 Å². The Balaban J connectivity index is 1.51. The monoisotopic (exact) mass is 491 g/mol. The molecular weight excluding hydrogens is 466 g/mol. The van der Waals surface area contributed by atoms with Crippen molar-refractivity contribution in [2.75, 3.05) is 31.2 Å². The Morgan fingerprint density at radius 2 is 1.88 bits per heavy atom. The van der Waals surface area contributed by atoms with Crippen LogP contribution in [-0.2, 0) is 27.3 Å². The summed E-state index contributed by atoms with van der Waals surface area (Å²) in [5.41, 5.74) is 3.88. The number of hydrogen-bond donors (Lipinski definition) is 0. The Labute approximate surface area is 208 Å². The van der Waals surface area contributed by atoms with Crippen LogP contribution < -0.4 is 4.90 Å². The molecule has 0 aliphatic carbocycles. The molecule has 34 heavy (non-hydrogen) atoms. The van der Waals surface area contributed by atoms with Gasteiger partial charge in [0.1, 0.15) is 6.54 Å². The molecular formula is C26H25N3O3S2. The number of thioether (sulfide) groups is 1. The molecule has 8 heteroatoms. The van der Waals surface area contributed by atoms with Gasteiger partial charge in [-0.3, -0.25) is 14.5 Å². The number of carbonyl (C=O) groups excluding carboxylic acids is 2.